The van der Waals surface area contributed by atoms with E-state index in [1.54, 1.807) is 12.1 Å². The molecule has 0 bridgehead atoms. The van der Waals surface area contributed by atoms with Gasteiger partial charge in [-0.1, -0.05) is 18.2 Å². The summed E-state index contributed by atoms with van der Waals surface area (Å²) in [5, 5.41) is 0. The molecule has 1 amide bonds. The molecule has 1 aliphatic heterocycles. The highest BCUT2D eigenvalue weighted by Gasteiger charge is 2.23. The number of carbonyl (C=O) groups is 1. The van der Waals surface area contributed by atoms with Crippen LogP contribution in [0.3, 0.4) is 0 Å². The number of aryl methyl sites for hydroxylation is 1. The Morgan fingerprint density at radius 3 is 2.61 bits per heavy atom. The maximum atomic E-state index is 12.2. The minimum Gasteiger partial charge on any atom is -0.492 e. The van der Waals surface area contributed by atoms with Crippen molar-refractivity contribution < 1.29 is 13.9 Å². The molecule has 1 aromatic carbocycles. The molecule has 1 aromatic heterocycles. The third-order valence-corrected chi connectivity index (χ3v) is 4.15. The van der Waals surface area contributed by atoms with Crippen LogP contribution >= 0.6 is 0 Å². The Kier molecular flexibility index (Phi) is 4.98. The number of furan rings is 1. The van der Waals surface area contributed by atoms with E-state index < -0.39 is 0 Å². The van der Waals surface area contributed by atoms with Crippen LogP contribution in [0, 0.1) is 6.92 Å². The van der Waals surface area contributed by atoms with Crippen LogP contribution in [0.2, 0.25) is 0 Å². The van der Waals surface area contributed by atoms with E-state index in [9.17, 15) is 4.79 Å². The van der Waals surface area contributed by atoms with Crippen LogP contribution in [0.4, 0.5) is 0 Å². The second kappa shape index (κ2) is 7.33. The van der Waals surface area contributed by atoms with Gasteiger partial charge in [-0.25, -0.2) is 0 Å². The summed E-state index contributed by atoms with van der Waals surface area (Å²) in [5.41, 5.74) is 1.15. The second-order valence-corrected chi connectivity index (χ2v) is 5.73. The van der Waals surface area contributed by atoms with Gasteiger partial charge in [0.2, 0.25) is 0 Å². The van der Waals surface area contributed by atoms with Crippen LogP contribution in [-0.2, 0) is 0 Å². The van der Waals surface area contributed by atoms with Crippen LogP contribution in [0.5, 0.6) is 5.75 Å². The molecule has 3 rings (SSSR count). The Hall–Kier alpha value is -2.27. The van der Waals surface area contributed by atoms with Gasteiger partial charge in [-0.15, -0.1) is 0 Å². The number of benzene rings is 1. The third-order valence-electron chi connectivity index (χ3n) is 4.15. The summed E-state index contributed by atoms with van der Waals surface area (Å²) in [6.45, 7) is 6.77. The van der Waals surface area contributed by atoms with Crippen molar-refractivity contribution in [1.29, 1.82) is 0 Å². The molecule has 0 unspecified atom stereocenters. The zero-order chi connectivity index (χ0) is 16.1. The molecule has 0 spiro atoms. The monoisotopic (exact) mass is 314 g/mol. The Balaban J connectivity index is 1.41. The quantitative estimate of drug-likeness (QED) is 0.850. The molecule has 5 heteroatoms. The summed E-state index contributed by atoms with van der Waals surface area (Å²) < 4.78 is 11.0. The van der Waals surface area contributed by atoms with Gasteiger partial charge in [-0.3, -0.25) is 9.69 Å². The standard InChI is InChI=1S/C18H22N2O3/c1-15-5-2-3-6-16(15)23-14-12-19-8-10-20(11-9-19)18(21)17-7-4-13-22-17/h2-7,13H,8-12,14H2,1H3. The molecular formula is C18H22N2O3. The summed E-state index contributed by atoms with van der Waals surface area (Å²) in [6.07, 6.45) is 1.53. The maximum Gasteiger partial charge on any atom is 0.289 e. The number of nitrogens with zero attached hydrogens (tertiary/aromatic N) is 2. The van der Waals surface area contributed by atoms with Crippen LogP contribution < -0.4 is 4.74 Å². The summed E-state index contributed by atoms with van der Waals surface area (Å²) in [6, 6.07) is 11.5. The average molecular weight is 314 g/mol. The molecule has 1 aliphatic rings. The lowest BCUT2D eigenvalue weighted by atomic mass is 10.2. The van der Waals surface area contributed by atoms with E-state index >= 15 is 0 Å². The van der Waals surface area contributed by atoms with Gasteiger partial charge in [-0.05, 0) is 30.7 Å². The zero-order valence-electron chi connectivity index (χ0n) is 13.4. The largest absolute Gasteiger partial charge is 0.492 e. The molecule has 0 N–H and O–H groups in total. The van der Waals surface area contributed by atoms with Crippen molar-refractivity contribution in [2.24, 2.45) is 0 Å². The fourth-order valence-electron chi connectivity index (χ4n) is 2.73. The molecule has 0 atom stereocenters. The van der Waals surface area contributed by atoms with Crippen LogP contribution in [0.25, 0.3) is 0 Å². The zero-order valence-corrected chi connectivity index (χ0v) is 13.4. The fraction of sp³-hybridized carbons (Fsp3) is 0.389. The predicted molar refractivity (Wildman–Crippen MR) is 87.7 cm³/mol. The number of carbonyl (C=O) groups excluding carboxylic acids is 1. The number of para-hydroxylation sites is 1. The van der Waals surface area contributed by atoms with Crippen molar-refractivity contribution in [3.8, 4) is 5.75 Å². The number of hydrogen-bond acceptors (Lipinski definition) is 4. The molecule has 1 saturated heterocycles. The van der Waals surface area contributed by atoms with Gasteiger partial charge < -0.3 is 14.1 Å². The van der Waals surface area contributed by atoms with Crippen molar-refractivity contribution in [2.45, 2.75) is 6.92 Å². The maximum absolute atomic E-state index is 12.2. The van der Waals surface area contributed by atoms with Crippen LogP contribution in [0.1, 0.15) is 16.1 Å². The first-order valence-electron chi connectivity index (χ1n) is 7.97. The molecule has 2 heterocycles. The van der Waals surface area contributed by atoms with E-state index in [4.69, 9.17) is 9.15 Å². The molecule has 2 aromatic rings. The SMILES string of the molecule is Cc1ccccc1OCCN1CCN(C(=O)c2ccco2)CC1. The Morgan fingerprint density at radius 2 is 1.91 bits per heavy atom. The first kappa shape index (κ1) is 15.6. The molecular weight excluding hydrogens is 292 g/mol. The second-order valence-electron chi connectivity index (χ2n) is 5.73. The summed E-state index contributed by atoms with van der Waals surface area (Å²) in [5.74, 6) is 1.34. The molecule has 0 aliphatic carbocycles. The van der Waals surface area contributed by atoms with Crippen molar-refractivity contribution in [2.75, 3.05) is 39.3 Å². The highest BCUT2D eigenvalue weighted by atomic mass is 16.5. The van der Waals surface area contributed by atoms with Gasteiger partial charge in [0.15, 0.2) is 5.76 Å². The predicted octanol–water partition coefficient (Wildman–Crippen LogP) is 2.42. The molecule has 5 nitrogen and oxygen atoms in total. The molecule has 23 heavy (non-hydrogen) atoms. The summed E-state index contributed by atoms with van der Waals surface area (Å²) >= 11 is 0. The minimum absolute atomic E-state index is 0.0224. The smallest absolute Gasteiger partial charge is 0.289 e. The van der Waals surface area contributed by atoms with Gasteiger partial charge in [0.1, 0.15) is 12.4 Å². The Morgan fingerprint density at radius 1 is 1.13 bits per heavy atom. The highest BCUT2D eigenvalue weighted by Crippen LogP contribution is 2.16. The third kappa shape index (κ3) is 3.93. The van der Waals surface area contributed by atoms with Crippen molar-refractivity contribution in [3.05, 3.63) is 54.0 Å². The Bertz CT molecular complexity index is 631. The van der Waals surface area contributed by atoms with Crippen molar-refractivity contribution >= 4 is 5.91 Å². The van der Waals surface area contributed by atoms with Crippen LogP contribution in [-0.4, -0.2) is 55.0 Å². The van der Waals surface area contributed by atoms with E-state index in [1.807, 2.05) is 36.1 Å². The lowest BCUT2D eigenvalue weighted by Crippen LogP contribution is -2.49. The Labute approximate surface area is 136 Å². The highest BCUT2D eigenvalue weighted by molar-refractivity contribution is 5.91. The lowest BCUT2D eigenvalue weighted by molar-refractivity contribution is 0.0590. The van der Waals surface area contributed by atoms with Crippen LogP contribution in [0.15, 0.2) is 47.1 Å². The summed E-state index contributed by atoms with van der Waals surface area (Å²) in [4.78, 5) is 16.4. The van der Waals surface area contributed by atoms with Crippen molar-refractivity contribution in [3.63, 3.8) is 0 Å². The number of piperazine rings is 1. The van der Waals surface area contributed by atoms with Crippen molar-refractivity contribution in [1.82, 2.24) is 9.80 Å². The molecule has 122 valence electrons. The first-order valence-corrected chi connectivity index (χ1v) is 7.97. The fourth-order valence-corrected chi connectivity index (χ4v) is 2.73. The lowest BCUT2D eigenvalue weighted by Gasteiger charge is -2.34. The number of hydrogen-bond donors (Lipinski definition) is 0. The molecule has 0 saturated carbocycles. The normalized spacial score (nSPS) is 15.6. The van der Waals surface area contributed by atoms with Gasteiger partial charge in [-0.2, -0.15) is 0 Å². The van der Waals surface area contributed by atoms with Gasteiger partial charge in [0.25, 0.3) is 5.91 Å². The number of rotatable bonds is 5. The van der Waals surface area contributed by atoms with E-state index in [1.165, 1.54) is 6.26 Å². The number of ether oxygens (including phenoxy) is 1. The molecule has 1 fully saturated rings. The van der Waals surface area contributed by atoms with Gasteiger partial charge in [0, 0.05) is 32.7 Å². The van der Waals surface area contributed by atoms with Gasteiger partial charge >= 0.3 is 0 Å². The topological polar surface area (TPSA) is 45.9 Å². The average Bonchev–Trinajstić information content (AvgIpc) is 3.11. The first-order chi connectivity index (χ1) is 11.2. The number of amides is 1. The summed E-state index contributed by atoms with van der Waals surface area (Å²) in [7, 11) is 0. The van der Waals surface area contributed by atoms with Gasteiger partial charge in [0.05, 0.1) is 6.26 Å². The van der Waals surface area contributed by atoms with E-state index in [0.717, 1.165) is 44.0 Å². The van der Waals surface area contributed by atoms with E-state index in [-0.39, 0.29) is 5.91 Å². The molecule has 0 radical (unpaired) electrons. The van der Waals surface area contributed by atoms with E-state index in [0.29, 0.717) is 12.4 Å². The van der Waals surface area contributed by atoms with E-state index in [2.05, 4.69) is 4.90 Å². The minimum atomic E-state index is -0.0224.